The van der Waals surface area contributed by atoms with Crippen molar-refractivity contribution in [2.24, 2.45) is 0 Å². The molecule has 0 radical (unpaired) electrons. The summed E-state index contributed by atoms with van der Waals surface area (Å²) in [5.74, 6) is 0.875. The summed E-state index contributed by atoms with van der Waals surface area (Å²) in [4.78, 5) is 0. The first-order valence-corrected chi connectivity index (χ1v) is 7.59. The van der Waals surface area contributed by atoms with E-state index in [0.29, 0.717) is 6.04 Å². The molecule has 0 aliphatic rings. The molecule has 2 nitrogen and oxygen atoms in total. The van der Waals surface area contributed by atoms with Gasteiger partial charge in [0.1, 0.15) is 11.9 Å². The standard InChI is InChI=1S/C17H20BrNO/c1-12(19-3)16-10-9-15(11-17(16)18)20-13(2)14-7-5-4-6-8-14/h4-13,19H,1-3H3. The summed E-state index contributed by atoms with van der Waals surface area (Å²) >= 11 is 3.61. The van der Waals surface area contributed by atoms with Crippen molar-refractivity contribution in [3.63, 3.8) is 0 Å². The van der Waals surface area contributed by atoms with Gasteiger partial charge in [0, 0.05) is 10.5 Å². The highest BCUT2D eigenvalue weighted by molar-refractivity contribution is 9.10. The summed E-state index contributed by atoms with van der Waals surface area (Å²) < 4.78 is 7.07. The SMILES string of the molecule is CNC(C)c1ccc(OC(C)c2ccccc2)cc1Br. The van der Waals surface area contributed by atoms with Crippen LogP contribution in [0.1, 0.15) is 37.1 Å². The minimum Gasteiger partial charge on any atom is -0.486 e. The van der Waals surface area contributed by atoms with Crippen molar-refractivity contribution >= 4 is 15.9 Å². The third kappa shape index (κ3) is 3.62. The molecule has 1 N–H and O–H groups in total. The van der Waals surface area contributed by atoms with Crippen molar-refractivity contribution in [1.82, 2.24) is 5.32 Å². The average Bonchev–Trinajstić information content (AvgIpc) is 2.47. The fraction of sp³-hybridized carbons (Fsp3) is 0.294. The van der Waals surface area contributed by atoms with Gasteiger partial charge in [-0.3, -0.25) is 0 Å². The van der Waals surface area contributed by atoms with Gasteiger partial charge in [-0.05, 0) is 44.2 Å². The molecule has 20 heavy (non-hydrogen) atoms. The molecule has 0 fully saturated rings. The Bertz CT molecular complexity index is 556. The topological polar surface area (TPSA) is 21.3 Å². The molecule has 0 saturated carbocycles. The number of rotatable bonds is 5. The maximum Gasteiger partial charge on any atom is 0.121 e. The number of hydrogen-bond donors (Lipinski definition) is 1. The Kier molecular flexibility index (Phi) is 5.21. The van der Waals surface area contributed by atoms with Crippen LogP contribution in [0.4, 0.5) is 0 Å². The molecule has 2 unspecified atom stereocenters. The number of benzene rings is 2. The van der Waals surface area contributed by atoms with Gasteiger partial charge in [0.2, 0.25) is 0 Å². The Morgan fingerprint density at radius 2 is 1.75 bits per heavy atom. The molecular weight excluding hydrogens is 314 g/mol. The fourth-order valence-electron chi connectivity index (χ4n) is 2.08. The second kappa shape index (κ2) is 6.91. The fourth-order valence-corrected chi connectivity index (χ4v) is 2.79. The van der Waals surface area contributed by atoms with Crippen LogP contribution in [-0.4, -0.2) is 7.05 Å². The summed E-state index contributed by atoms with van der Waals surface area (Å²) in [5, 5.41) is 3.24. The van der Waals surface area contributed by atoms with E-state index in [1.165, 1.54) is 11.1 Å². The summed E-state index contributed by atoms with van der Waals surface area (Å²) in [6.45, 7) is 4.20. The monoisotopic (exact) mass is 333 g/mol. The average molecular weight is 334 g/mol. The zero-order chi connectivity index (χ0) is 14.5. The molecule has 0 aromatic heterocycles. The van der Waals surface area contributed by atoms with Gasteiger partial charge < -0.3 is 10.1 Å². The Morgan fingerprint density at radius 1 is 1.05 bits per heavy atom. The van der Waals surface area contributed by atoms with Crippen molar-refractivity contribution in [3.8, 4) is 5.75 Å². The smallest absolute Gasteiger partial charge is 0.121 e. The number of nitrogens with one attached hydrogen (secondary N) is 1. The first-order chi connectivity index (χ1) is 9.61. The molecule has 0 spiro atoms. The lowest BCUT2D eigenvalue weighted by Gasteiger charge is -2.17. The second-order valence-corrected chi connectivity index (χ2v) is 5.72. The zero-order valence-corrected chi connectivity index (χ0v) is 13.6. The van der Waals surface area contributed by atoms with Crippen LogP contribution in [0.25, 0.3) is 0 Å². The predicted molar refractivity (Wildman–Crippen MR) is 87.1 cm³/mol. The minimum absolute atomic E-state index is 0.0377. The highest BCUT2D eigenvalue weighted by atomic mass is 79.9. The quantitative estimate of drug-likeness (QED) is 0.842. The number of ether oxygens (including phenoxy) is 1. The summed E-state index contributed by atoms with van der Waals surface area (Å²) in [6, 6.07) is 16.7. The van der Waals surface area contributed by atoms with Gasteiger partial charge in [-0.1, -0.05) is 52.3 Å². The van der Waals surface area contributed by atoms with Crippen LogP contribution in [0.2, 0.25) is 0 Å². The number of halogens is 1. The lowest BCUT2D eigenvalue weighted by Crippen LogP contribution is -2.12. The third-order valence-corrected chi connectivity index (χ3v) is 4.14. The first kappa shape index (κ1) is 15.1. The van der Waals surface area contributed by atoms with Crippen molar-refractivity contribution < 1.29 is 4.74 Å². The van der Waals surface area contributed by atoms with E-state index >= 15 is 0 Å². The molecule has 2 atom stereocenters. The van der Waals surface area contributed by atoms with Gasteiger partial charge in [-0.2, -0.15) is 0 Å². The molecular formula is C17H20BrNO. The molecule has 3 heteroatoms. The normalized spacial score (nSPS) is 13.8. The van der Waals surface area contributed by atoms with E-state index in [1.54, 1.807) is 0 Å². The predicted octanol–water partition coefficient (Wildman–Crippen LogP) is 4.87. The lowest BCUT2D eigenvalue weighted by atomic mass is 10.1. The van der Waals surface area contributed by atoms with Crippen LogP contribution in [0.3, 0.4) is 0 Å². The van der Waals surface area contributed by atoms with Crippen molar-refractivity contribution in [2.45, 2.75) is 26.0 Å². The van der Waals surface area contributed by atoms with Crippen LogP contribution in [0.15, 0.2) is 53.0 Å². The van der Waals surface area contributed by atoms with E-state index in [9.17, 15) is 0 Å². The second-order valence-electron chi connectivity index (χ2n) is 4.86. The Balaban J connectivity index is 2.13. The Labute approximate surface area is 129 Å². The van der Waals surface area contributed by atoms with Gasteiger partial charge in [0.15, 0.2) is 0 Å². The van der Waals surface area contributed by atoms with E-state index in [2.05, 4.69) is 53.3 Å². The molecule has 0 aliphatic heterocycles. The van der Waals surface area contributed by atoms with Crippen LogP contribution in [0.5, 0.6) is 5.75 Å². The molecule has 2 aromatic rings. The van der Waals surface area contributed by atoms with Crippen molar-refractivity contribution in [3.05, 3.63) is 64.1 Å². The summed E-state index contributed by atoms with van der Waals surface area (Å²) in [7, 11) is 1.96. The van der Waals surface area contributed by atoms with Crippen LogP contribution in [0, 0.1) is 0 Å². The number of hydrogen-bond acceptors (Lipinski definition) is 2. The molecule has 2 rings (SSSR count). The van der Waals surface area contributed by atoms with Gasteiger partial charge in [-0.15, -0.1) is 0 Å². The first-order valence-electron chi connectivity index (χ1n) is 6.80. The zero-order valence-electron chi connectivity index (χ0n) is 12.1. The van der Waals surface area contributed by atoms with Crippen LogP contribution < -0.4 is 10.1 Å². The molecule has 2 aromatic carbocycles. The largest absolute Gasteiger partial charge is 0.486 e. The van der Waals surface area contributed by atoms with E-state index < -0.39 is 0 Å². The molecule has 106 valence electrons. The molecule has 0 aliphatic carbocycles. The maximum atomic E-state index is 6.00. The van der Waals surface area contributed by atoms with E-state index in [1.807, 2.05) is 37.4 Å². The van der Waals surface area contributed by atoms with E-state index in [0.717, 1.165) is 10.2 Å². The van der Waals surface area contributed by atoms with Gasteiger partial charge >= 0.3 is 0 Å². The van der Waals surface area contributed by atoms with Crippen LogP contribution in [-0.2, 0) is 0 Å². The Morgan fingerprint density at radius 3 is 2.35 bits per heavy atom. The maximum absolute atomic E-state index is 6.00. The molecule has 0 saturated heterocycles. The minimum atomic E-state index is 0.0377. The lowest BCUT2D eigenvalue weighted by molar-refractivity contribution is 0.226. The summed E-state index contributed by atoms with van der Waals surface area (Å²) in [6.07, 6.45) is 0.0377. The molecule has 0 amide bonds. The third-order valence-electron chi connectivity index (χ3n) is 3.45. The highest BCUT2D eigenvalue weighted by Crippen LogP contribution is 2.29. The van der Waals surface area contributed by atoms with Gasteiger partial charge in [0.25, 0.3) is 0 Å². The van der Waals surface area contributed by atoms with E-state index in [4.69, 9.17) is 4.74 Å². The van der Waals surface area contributed by atoms with Gasteiger partial charge in [-0.25, -0.2) is 0 Å². The summed E-state index contributed by atoms with van der Waals surface area (Å²) in [5.41, 5.74) is 2.41. The van der Waals surface area contributed by atoms with Crippen molar-refractivity contribution in [2.75, 3.05) is 7.05 Å². The molecule has 0 bridgehead atoms. The van der Waals surface area contributed by atoms with Crippen molar-refractivity contribution in [1.29, 1.82) is 0 Å². The van der Waals surface area contributed by atoms with E-state index in [-0.39, 0.29) is 6.10 Å². The highest BCUT2D eigenvalue weighted by Gasteiger charge is 2.11. The van der Waals surface area contributed by atoms with Gasteiger partial charge in [0.05, 0.1) is 0 Å². The molecule has 0 heterocycles. The van der Waals surface area contributed by atoms with Crippen LogP contribution >= 0.6 is 15.9 Å². The Hall–Kier alpha value is -1.32.